The van der Waals surface area contributed by atoms with Gasteiger partial charge >= 0.3 is 0 Å². The van der Waals surface area contributed by atoms with Gasteiger partial charge in [0.15, 0.2) is 10.3 Å². The third-order valence-corrected chi connectivity index (χ3v) is 2.61. The van der Waals surface area contributed by atoms with Crippen molar-refractivity contribution in [1.82, 2.24) is 4.90 Å². The van der Waals surface area contributed by atoms with Gasteiger partial charge in [-0.3, -0.25) is 9.89 Å². The van der Waals surface area contributed by atoms with Crippen LogP contribution in [0.5, 0.6) is 0 Å². The third kappa shape index (κ3) is 2.22. The molecule has 0 bridgehead atoms. The van der Waals surface area contributed by atoms with Gasteiger partial charge in [0.05, 0.1) is 6.54 Å². The molecule has 0 aromatic rings. The summed E-state index contributed by atoms with van der Waals surface area (Å²) >= 11 is 6.55. The normalized spacial score (nSPS) is 20.0. The van der Waals surface area contributed by atoms with E-state index in [1.54, 1.807) is 17.8 Å². The highest BCUT2D eigenvalue weighted by Gasteiger charge is 2.20. The molecular weight excluding hydrogens is 190 g/mol. The first-order chi connectivity index (χ1) is 5.75. The summed E-state index contributed by atoms with van der Waals surface area (Å²) in [7, 11) is 0. The molecule has 0 aromatic heterocycles. The van der Waals surface area contributed by atoms with Gasteiger partial charge in [-0.2, -0.15) is 0 Å². The highest BCUT2D eigenvalue weighted by molar-refractivity contribution is 8.14. The van der Waals surface area contributed by atoms with Crippen LogP contribution in [0.15, 0.2) is 17.6 Å². The Labute approximate surface area is 81.7 Å². The van der Waals surface area contributed by atoms with Gasteiger partial charge in [0.25, 0.3) is 0 Å². The summed E-state index contributed by atoms with van der Waals surface area (Å²) in [6.45, 7) is 5.09. The minimum Gasteiger partial charge on any atom is -0.376 e. The molecule has 1 aliphatic heterocycles. The van der Waals surface area contributed by atoms with Crippen molar-refractivity contribution in [2.75, 3.05) is 18.8 Å². The molecule has 0 spiro atoms. The van der Waals surface area contributed by atoms with Crippen LogP contribution in [-0.4, -0.2) is 34.0 Å². The molecule has 0 aromatic carbocycles. The second-order valence-electron chi connectivity index (χ2n) is 2.25. The van der Waals surface area contributed by atoms with Gasteiger partial charge in [-0.25, -0.2) is 0 Å². The Kier molecular flexibility index (Phi) is 3.55. The molecular formula is C7H11N3S2. The lowest BCUT2D eigenvalue weighted by atomic mass is 10.6. The zero-order chi connectivity index (χ0) is 8.97. The van der Waals surface area contributed by atoms with Gasteiger partial charge in [0.1, 0.15) is 0 Å². The summed E-state index contributed by atoms with van der Waals surface area (Å²) in [5.74, 6) is 1.01. The molecule has 0 aliphatic carbocycles. The summed E-state index contributed by atoms with van der Waals surface area (Å²) < 4.78 is 0. The smallest absolute Gasteiger partial charge is 0.172 e. The van der Waals surface area contributed by atoms with E-state index in [0.29, 0.717) is 11.7 Å². The summed E-state index contributed by atoms with van der Waals surface area (Å²) in [6, 6.07) is 0. The maximum absolute atomic E-state index is 5.50. The van der Waals surface area contributed by atoms with Crippen molar-refractivity contribution < 1.29 is 0 Å². The first kappa shape index (κ1) is 9.54. The second-order valence-corrected chi connectivity index (χ2v) is 3.73. The van der Waals surface area contributed by atoms with E-state index in [9.17, 15) is 0 Å². The maximum Gasteiger partial charge on any atom is 0.172 e. The lowest BCUT2D eigenvalue weighted by Gasteiger charge is -2.14. The maximum atomic E-state index is 5.50. The average molecular weight is 201 g/mol. The number of nitrogens with zero attached hydrogens (tertiary/aromatic N) is 2. The van der Waals surface area contributed by atoms with E-state index in [1.807, 2.05) is 4.90 Å². The summed E-state index contributed by atoms with van der Waals surface area (Å²) in [5, 5.41) is 1.32. The number of hydrogen-bond donors (Lipinski definition) is 1. The van der Waals surface area contributed by atoms with Gasteiger partial charge in [0, 0.05) is 12.3 Å². The number of thiocarbonyl (C=S) groups is 1. The molecule has 2 N–H and O–H groups in total. The first-order valence-electron chi connectivity index (χ1n) is 3.61. The Morgan fingerprint density at radius 1 is 1.92 bits per heavy atom. The van der Waals surface area contributed by atoms with E-state index in [4.69, 9.17) is 18.0 Å². The van der Waals surface area contributed by atoms with Crippen LogP contribution in [-0.2, 0) is 0 Å². The summed E-state index contributed by atoms with van der Waals surface area (Å²) in [5.41, 5.74) is 5.50. The van der Waals surface area contributed by atoms with Crippen molar-refractivity contribution in [2.24, 2.45) is 10.7 Å². The first-order valence-corrected chi connectivity index (χ1v) is 5.00. The quantitative estimate of drug-likeness (QED) is 0.530. The highest BCUT2D eigenvalue weighted by atomic mass is 32.2. The average Bonchev–Trinajstić information content (AvgIpc) is 2.48. The fourth-order valence-electron chi connectivity index (χ4n) is 0.880. The predicted molar refractivity (Wildman–Crippen MR) is 58.4 cm³/mol. The van der Waals surface area contributed by atoms with E-state index in [-0.39, 0.29) is 0 Å². The molecule has 0 amide bonds. The minimum absolute atomic E-state index is 0.405. The number of hydrogen-bond acceptors (Lipinski definition) is 3. The molecule has 5 heteroatoms. The lowest BCUT2D eigenvalue weighted by molar-refractivity contribution is 0.679. The summed E-state index contributed by atoms with van der Waals surface area (Å²) in [4.78, 5) is 6.12. The number of nitrogens with two attached hydrogens (primary N) is 1. The topological polar surface area (TPSA) is 41.6 Å². The fraction of sp³-hybridized carbons (Fsp3) is 0.429. The van der Waals surface area contributed by atoms with E-state index in [2.05, 4.69) is 11.6 Å². The van der Waals surface area contributed by atoms with E-state index >= 15 is 0 Å². The Hall–Kier alpha value is -0.550. The minimum atomic E-state index is 0.405. The Morgan fingerprint density at radius 2 is 2.67 bits per heavy atom. The van der Waals surface area contributed by atoms with Gasteiger partial charge in [-0.1, -0.05) is 17.8 Å². The molecule has 1 aliphatic rings. The molecule has 3 nitrogen and oxygen atoms in total. The van der Waals surface area contributed by atoms with Crippen LogP contribution in [0.4, 0.5) is 0 Å². The zero-order valence-corrected chi connectivity index (χ0v) is 8.33. The lowest BCUT2D eigenvalue weighted by Crippen LogP contribution is -2.36. The van der Waals surface area contributed by atoms with Gasteiger partial charge in [-0.15, -0.1) is 6.58 Å². The number of thioether (sulfide) groups is 1. The molecule has 0 unspecified atom stereocenters. The van der Waals surface area contributed by atoms with Crippen LogP contribution in [0.2, 0.25) is 0 Å². The molecule has 0 radical (unpaired) electrons. The van der Waals surface area contributed by atoms with Crippen LogP contribution in [0.3, 0.4) is 0 Å². The summed E-state index contributed by atoms with van der Waals surface area (Å²) in [6.07, 6.45) is 1.75. The Morgan fingerprint density at radius 3 is 3.25 bits per heavy atom. The van der Waals surface area contributed by atoms with Crippen LogP contribution in [0.1, 0.15) is 0 Å². The molecule has 1 saturated heterocycles. The van der Waals surface area contributed by atoms with Crippen molar-refractivity contribution in [1.29, 1.82) is 0 Å². The molecule has 0 saturated carbocycles. The molecule has 1 fully saturated rings. The van der Waals surface area contributed by atoms with E-state index in [1.165, 1.54) is 0 Å². The van der Waals surface area contributed by atoms with Crippen molar-refractivity contribution >= 4 is 34.3 Å². The SMILES string of the molecule is C=CCN=C1SCCN1C(N)=S. The van der Waals surface area contributed by atoms with E-state index < -0.39 is 0 Å². The Bertz CT molecular complexity index is 225. The van der Waals surface area contributed by atoms with Crippen LogP contribution in [0.25, 0.3) is 0 Å². The fourth-order valence-corrected chi connectivity index (χ4v) is 2.08. The number of rotatable bonds is 2. The van der Waals surface area contributed by atoms with Crippen molar-refractivity contribution in [3.63, 3.8) is 0 Å². The van der Waals surface area contributed by atoms with E-state index in [0.717, 1.165) is 17.5 Å². The molecule has 1 rings (SSSR count). The zero-order valence-electron chi connectivity index (χ0n) is 6.69. The standard InChI is InChI=1S/C7H11N3S2/c1-2-3-9-7-10(6(8)11)4-5-12-7/h2H,1,3-5H2,(H2,8,11). The second kappa shape index (κ2) is 4.47. The van der Waals surface area contributed by atoms with Crippen LogP contribution in [0, 0.1) is 0 Å². The molecule has 12 heavy (non-hydrogen) atoms. The van der Waals surface area contributed by atoms with Gasteiger partial charge in [-0.05, 0) is 12.2 Å². The number of amidine groups is 1. The monoisotopic (exact) mass is 201 g/mol. The number of aliphatic imine (C=N–C) groups is 1. The van der Waals surface area contributed by atoms with Crippen molar-refractivity contribution in [3.8, 4) is 0 Å². The van der Waals surface area contributed by atoms with Gasteiger partial charge in [0.2, 0.25) is 0 Å². The Balaban J connectivity index is 2.63. The molecule has 66 valence electrons. The van der Waals surface area contributed by atoms with Crippen LogP contribution < -0.4 is 5.73 Å². The largest absolute Gasteiger partial charge is 0.376 e. The molecule has 1 heterocycles. The van der Waals surface area contributed by atoms with Crippen molar-refractivity contribution in [2.45, 2.75) is 0 Å². The van der Waals surface area contributed by atoms with Crippen molar-refractivity contribution in [3.05, 3.63) is 12.7 Å². The third-order valence-electron chi connectivity index (χ3n) is 1.40. The van der Waals surface area contributed by atoms with Gasteiger partial charge < -0.3 is 5.73 Å². The highest BCUT2D eigenvalue weighted by Crippen LogP contribution is 2.17. The van der Waals surface area contributed by atoms with Crippen LogP contribution >= 0.6 is 24.0 Å². The molecule has 0 atom stereocenters. The predicted octanol–water partition coefficient (Wildman–Crippen LogP) is 0.821.